The molecule has 1 saturated carbocycles. The van der Waals surface area contributed by atoms with Gasteiger partial charge in [0.05, 0.1) is 10.5 Å². The highest BCUT2D eigenvalue weighted by Gasteiger charge is 2.32. The van der Waals surface area contributed by atoms with Gasteiger partial charge >= 0.3 is 0 Å². The van der Waals surface area contributed by atoms with E-state index in [1.807, 2.05) is 0 Å². The highest BCUT2D eigenvalue weighted by molar-refractivity contribution is 7.89. The number of halogens is 1. The van der Waals surface area contributed by atoms with Crippen LogP contribution in [-0.2, 0) is 10.0 Å². The molecule has 6 heteroatoms. The highest BCUT2D eigenvalue weighted by atomic mass is 32.2. The predicted molar refractivity (Wildman–Crippen MR) is 69.7 cm³/mol. The Balaban J connectivity index is 2.14. The minimum atomic E-state index is -3.71. The number of nitrogens with one attached hydrogen (secondary N) is 1. The SMILES string of the molecule is Cc1cc(F)ccc1S(=O)(=O)NCC1(O)CCCC1. The summed E-state index contributed by atoms with van der Waals surface area (Å²) in [5, 5.41) is 10.1. The van der Waals surface area contributed by atoms with Gasteiger partial charge in [-0.15, -0.1) is 0 Å². The van der Waals surface area contributed by atoms with Crippen LogP contribution in [0.1, 0.15) is 31.2 Å². The zero-order valence-corrected chi connectivity index (χ0v) is 11.6. The average molecular weight is 287 g/mol. The van der Waals surface area contributed by atoms with E-state index in [4.69, 9.17) is 0 Å². The summed E-state index contributed by atoms with van der Waals surface area (Å²) < 4.78 is 39.6. The molecule has 0 heterocycles. The molecule has 0 atom stereocenters. The van der Waals surface area contributed by atoms with E-state index < -0.39 is 21.4 Å². The third-order valence-electron chi connectivity index (χ3n) is 3.55. The van der Waals surface area contributed by atoms with Crippen molar-refractivity contribution in [1.82, 2.24) is 4.72 Å². The van der Waals surface area contributed by atoms with Crippen molar-refractivity contribution in [3.05, 3.63) is 29.6 Å². The molecule has 0 unspecified atom stereocenters. The van der Waals surface area contributed by atoms with Gasteiger partial charge in [-0.05, 0) is 43.5 Å². The minimum Gasteiger partial charge on any atom is -0.389 e. The normalized spacial score (nSPS) is 18.7. The van der Waals surface area contributed by atoms with Gasteiger partial charge in [-0.25, -0.2) is 17.5 Å². The van der Waals surface area contributed by atoms with Crippen LogP contribution in [0.4, 0.5) is 4.39 Å². The summed E-state index contributed by atoms with van der Waals surface area (Å²) in [5.41, 5.74) is -0.591. The van der Waals surface area contributed by atoms with Gasteiger partial charge in [0, 0.05) is 6.54 Å². The van der Waals surface area contributed by atoms with Crippen LogP contribution in [0.15, 0.2) is 23.1 Å². The quantitative estimate of drug-likeness (QED) is 0.886. The first-order valence-electron chi connectivity index (χ1n) is 6.31. The van der Waals surface area contributed by atoms with Gasteiger partial charge in [-0.1, -0.05) is 12.8 Å². The van der Waals surface area contributed by atoms with Gasteiger partial charge in [-0.3, -0.25) is 0 Å². The van der Waals surface area contributed by atoms with Crippen LogP contribution in [-0.4, -0.2) is 25.7 Å². The Bertz CT molecular complexity index is 565. The molecule has 0 radical (unpaired) electrons. The molecule has 1 aromatic carbocycles. The van der Waals surface area contributed by atoms with Crippen molar-refractivity contribution in [1.29, 1.82) is 0 Å². The predicted octanol–water partition coefficient (Wildman–Crippen LogP) is 1.72. The smallest absolute Gasteiger partial charge is 0.240 e. The summed E-state index contributed by atoms with van der Waals surface area (Å²) in [7, 11) is -3.71. The maximum absolute atomic E-state index is 13.0. The van der Waals surface area contributed by atoms with E-state index in [1.54, 1.807) is 6.92 Å². The summed E-state index contributed by atoms with van der Waals surface area (Å²) in [6.07, 6.45) is 3.04. The van der Waals surface area contributed by atoms with Crippen LogP contribution in [0.2, 0.25) is 0 Å². The Morgan fingerprint density at radius 2 is 2.00 bits per heavy atom. The third-order valence-corrected chi connectivity index (χ3v) is 5.11. The lowest BCUT2D eigenvalue weighted by Crippen LogP contribution is -2.40. The van der Waals surface area contributed by atoms with Gasteiger partial charge in [0.1, 0.15) is 5.82 Å². The van der Waals surface area contributed by atoms with Crippen molar-refractivity contribution < 1.29 is 17.9 Å². The summed E-state index contributed by atoms with van der Waals surface area (Å²) in [5.74, 6) is -0.467. The standard InChI is InChI=1S/C13H18FNO3S/c1-10-8-11(14)4-5-12(10)19(17,18)15-9-13(16)6-2-3-7-13/h4-5,8,15-16H,2-3,6-7,9H2,1H3. The zero-order valence-electron chi connectivity index (χ0n) is 10.8. The van der Waals surface area contributed by atoms with Crippen LogP contribution in [0.3, 0.4) is 0 Å². The molecule has 0 spiro atoms. The van der Waals surface area contributed by atoms with Crippen molar-refractivity contribution in [2.45, 2.75) is 43.1 Å². The molecule has 1 aliphatic carbocycles. The van der Waals surface area contributed by atoms with Gasteiger partial charge < -0.3 is 5.11 Å². The fourth-order valence-electron chi connectivity index (χ4n) is 2.43. The van der Waals surface area contributed by atoms with Gasteiger partial charge in [0.2, 0.25) is 10.0 Å². The first kappa shape index (κ1) is 14.4. The van der Waals surface area contributed by atoms with Gasteiger partial charge in [-0.2, -0.15) is 0 Å². The monoisotopic (exact) mass is 287 g/mol. The molecule has 4 nitrogen and oxygen atoms in total. The zero-order chi connectivity index (χ0) is 14.1. The number of benzene rings is 1. The van der Waals surface area contributed by atoms with E-state index in [2.05, 4.69) is 4.72 Å². The summed E-state index contributed by atoms with van der Waals surface area (Å²) >= 11 is 0. The van der Waals surface area contributed by atoms with Gasteiger partial charge in [0.15, 0.2) is 0 Å². The number of hydrogen-bond acceptors (Lipinski definition) is 3. The van der Waals surface area contributed by atoms with Crippen molar-refractivity contribution in [2.75, 3.05) is 6.54 Å². The Hall–Kier alpha value is -0.980. The second-order valence-electron chi connectivity index (χ2n) is 5.17. The number of aryl methyl sites for hydroxylation is 1. The first-order chi connectivity index (χ1) is 8.82. The van der Waals surface area contributed by atoms with E-state index in [0.29, 0.717) is 18.4 Å². The minimum absolute atomic E-state index is 0.00610. The summed E-state index contributed by atoms with van der Waals surface area (Å²) in [4.78, 5) is 0.0514. The maximum Gasteiger partial charge on any atom is 0.240 e. The molecular formula is C13H18FNO3S. The lowest BCUT2D eigenvalue weighted by molar-refractivity contribution is 0.0531. The molecule has 2 rings (SSSR count). The van der Waals surface area contributed by atoms with Crippen molar-refractivity contribution in [2.24, 2.45) is 0 Å². The van der Waals surface area contributed by atoms with E-state index in [-0.39, 0.29) is 11.4 Å². The Kier molecular flexibility index (Phi) is 3.94. The molecule has 2 N–H and O–H groups in total. The van der Waals surface area contributed by atoms with E-state index in [1.165, 1.54) is 12.1 Å². The topological polar surface area (TPSA) is 66.4 Å². The molecule has 0 aliphatic heterocycles. The Morgan fingerprint density at radius 3 is 2.58 bits per heavy atom. The second-order valence-corrected chi connectivity index (χ2v) is 6.90. The van der Waals surface area contributed by atoms with E-state index >= 15 is 0 Å². The molecule has 1 aromatic rings. The van der Waals surface area contributed by atoms with Crippen LogP contribution < -0.4 is 4.72 Å². The third kappa shape index (κ3) is 3.32. The van der Waals surface area contributed by atoms with E-state index in [0.717, 1.165) is 18.9 Å². The summed E-state index contributed by atoms with van der Waals surface area (Å²) in [6.45, 7) is 1.55. The molecule has 0 aromatic heterocycles. The van der Waals surface area contributed by atoms with Crippen molar-refractivity contribution in [3.63, 3.8) is 0 Å². The molecule has 19 heavy (non-hydrogen) atoms. The molecule has 1 fully saturated rings. The maximum atomic E-state index is 13.0. The van der Waals surface area contributed by atoms with Gasteiger partial charge in [0.25, 0.3) is 0 Å². The van der Waals surface area contributed by atoms with E-state index in [9.17, 15) is 17.9 Å². The summed E-state index contributed by atoms with van der Waals surface area (Å²) in [6, 6.07) is 3.54. The van der Waals surface area contributed by atoms with Crippen LogP contribution in [0.5, 0.6) is 0 Å². The van der Waals surface area contributed by atoms with Crippen LogP contribution in [0, 0.1) is 12.7 Å². The van der Waals surface area contributed by atoms with Crippen LogP contribution >= 0.6 is 0 Å². The number of sulfonamides is 1. The molecule has 0 amide bonds. The van der Waals surface area contributed by atoms with Crippen molar-refractivity contribution >= 4 is 10.0 Å². The number of hydrogen-bond donors (Lipinski definition) is 2. The number of rotatable bonds is 4. The lowest BCUT2D eigenvalue weighted by Gasteiger charge is -2.22. The molecule has 0 bridgehead atoms. The molecule has 1 aliphatic rings. The van der Waals surface area contributed by atoms with Crippen LogP contribution in [0.25, 0.3) is 0 Å². The average Bonchev–Trinajstić information content (AvgIpc) is 2.74. The molecule has 106 valence electrons. The molecular weight excluding hydrogens is 269 g/mol. The lowest BCUT2D eigenvalue weighted by atomic mass is 10.0. The second kappa shape index (κ2) is 5.19. The first-order valence-corrected chi connectivity index (χ1v) is 7.79. The Labute approximate surface area is 112 Å². The number of aliphatic hydroxyl groups is 1. The highest BCUT2D eigenvalue weighted by Crippen LogP contribution is 2.29. The fraction of sp³-hybridized carbons (Fsp3) is 0.538. The fourth-order valence-corrected chi connectivity index (χ4v) is 3.78. The largest absolute Gasteiger partial charge is 0.389 e. The Morgan fingerprint density at radius 1 is 1.37 bits per heavy atom. The van der Waals surface area contributed by atoms with Crippen molar-refractivity contribution in [3.8, 4) is 0 Å². The molecule has 0 saturated heterocycles.